The number of nitrogens with one attached hydrogen (secondary N) is 1. The van der Waals surface area contributed by atoms with Crippen LogP contribution in [0.5, 0.6) is 5.75 Å². The van der Waals surface area contributed by atoms with Crippen LogP contribution in [0.2, 0.25) is 0 Å². The Bertz CT molecular complexity index is 1310. The molecule has 2 aromatic heterocycles. The van der Waals surface area contributed by atoms with Gasteiger partial charge in [-0.1, -0.05) is 35.9 Å². The van der Waals surface area contributed by atoms with Crippen molar-refractivity contribution < 1.29 is 9.53 Å². The molecule has 0 spiro atoms. The van der Waals surface area contributed by atoms with E-state index in [2.05, 4.69) is 15.1 Å². The Morgan fingerprint density at radius 1 is 1.19 bits per heavy atom. The molecular weight excluding hydrogens is 406 g/mol. The van der Waals surface area contributed by atoms with E-state index in [4.69, 9.17) is 4.74 Å². The molecule has 4 aromatic rings. The van der Waals surface area contributed by atoms with E-state index in [9.17, 15) is 9.59 Å². The number of amides is 1. The van der Waals surface area contributed by atoms with Crippen LogP contribution in [-0.2, 0) is 17.8 Å². The first-order valence-electron chi connectivity index (χ1n) is 10.4. The highest BCUT2D eigenvalue weighted by atomic mass is 16.5. The van der Waals surface area contributed by atoms with Gasteiger partial charge in [-0.2, -0.15) is 5.10 Å². The molecule has 0 saturated carbocycles. The van der Waals surface area contributed by atoms with Crippen LogP contribution in [0.25, 0.3) is 16.7 Å². The van der Waals surface area contributed by atoms with Crippen molar-refractivity contribution >= 4 is 16.9 Å². The van der Waals surface area contributed by atoms with Gasteiger partial charge in [0.15, 0.2) is 5.65 Å². The standard InChI is InChI=1S/C24H25N5O3/c1-16-9-10-20(32-3)17(13-16)15-28(2)22(30)12-11-21-26-23-19(24(31)27-21)14-25-29(23)18-7-5-4-6-8-18/h4-10,13-14H,11-12,15H2,1-3H3,(H,26,27,31). The number of hydrogen-bond acceptors (Lipinski definition) is 5. The second kappa shape index (κ2) is 9.05. The highest BCUT2D eigenvalue weighted by molar-refractivity contribution is 5.77. The first-order valence-corrected chi connectivity index (χ1v) is 10.4. The number of para-hydroxylation sites is 1. The van der Waals surface area contributed by atoms with E-state index in [1.807, 2.05) is 55.5 Å². The molecule has 0 saturated heterocycles. The van der Waals surface area contributed by atoms with E-state index in [-0.39, 0.29) is 17.9 Å². The van der Waals surface area contributed by atoms with Crippen LogP contribution in [0.1, 0.15) is 23.4 Å². The molecule has 8 nitrogen and oxygen atoms in total. The summed E-state index contributed by atoms with van der Waals surface area (Å²) in [7, 11) is 3.38. The van der Waals surface area contributed by atoms with Gasteiger partial charge in [-0.25, -0.2) is 9.67 Å². The molecule has 8 heteroatoms. The number of aromatic nitrogens is 4. The minimum atomic E-state index is -0.266. The highest BCUT2D eigenvalue weighted by Gasteiger charge is 2.15. The first-order chi connectivity index (χ1) is 15.5. The number of carbonyl (C=O) groups is 1. The lowest BCUT2D eigenvalue weighted by Crippen LogP contribution is -2.27. The molecule has 0 atom stereocenters. The largest absolute Gasteiger partial charge is 0.496 e. The third kappa shape index (κ3) is 4.39. The number of benzene rings is 2. The smallest absolute Gasteiger partial charge is 0.262 e. The van der Waals surface area contributed by atoms with Crippen LogP contribution in [0.15, 0.2) is 59.5 Å². The fourth-order valence-corrected chi connectivity index (χ4v) is 3.63. The Balaban J connectivity index is 1.50. The number of carbonyl (C=O) groups excluding carboxylic acids is 1. The Morgan fingerprint density at radius 2 is 1.97 bits per heavy atom. The monoisotopic (exact) mass is 431 g/mol. The molecule has 2 aromatic carbocycles. The van der Waals surface area contributed by atoms with E-state index in [0.717, 1.165) is 22.6 Å². The molecule has 0 fully saturated rings. The van der Waals surface area contributed by atoms with Gasteiger partial charge in [0.25, 0.3) is 5.56 Å². The highest BCUT2D eigenvalue weighted by Crippen LogP contribution is 2.21. The lowest BCUT2D eigenvalue weighted by Gasteiger charge is -2.19. The average Bonchev–Trinajstić information content (AvgIpc) is 3.23. The lowest BCUT2D eigenvalue weighted by molar-refractivity contribution is -0.130. The van der Waals surface area contributed by atoms with Crippen molar-refractivity contribution in [3.05, 3.63) is 82.0 Å². The Labute approximate surface area is 185 Å². The quantitative estimate of drug-likeness (QED) is 0.486. The minimum Gasteiger partial charge on any atom is -0.496 e. The third-order valence-electron chi connectivity index (χ3n) is 5.33. The summed E-state index contributed by atoms with van der Waals surface area (Å²) in [6.07, 6.45) is 2.05. The van der Waals surface area contributed by atoms with Crippen molar-refractivity contribution in [3.63, 3.8) is 0 Å². The van der Waals surface area contributed by atoms with E-state index in [1.54, 1.807) is 23.7 Å². The summed E-state index contributed by atoms with van der Waals surface area (Å²) in [5.41, 5.74) is 3.07. The van der Waals surface area contributed by atoms with Crippen LogP contribution in [-0.4, -0.2) is 44.7 Å². The lowest BCUT2D eigenvalue weighted by atomic mass is 10.1. The number of ether oxygens (including phenoxy) is 1. The van der Waals surface area contributed by atoms with Gasteiger partial charge in [0.05, 0.1) is 19.0 Å². The Hall–Kier alpha value is -3.94. The van der Waals surface area contributed by atoms with Crippen molar-refractivity contribution in [1.82, 2.24) is 24.6 Å². The summed E-state index contributed by atoms with van der Waals surface area (Å²) in [6.45, 7) is 2.44. The molecule has 1 N–H and O–H groups in total. The zero-order chi connectivity index (χ0) is 22.7. The molecule has 0 aliphatic rings. The van der Waals surface area contributed by atoms with E-state index >= 15 is 0 Å². The van der Waals surface area contributed by atoms with Gasteiger partial charge in [-0.3, -0.25) is 9.59 Å². The molecule has 0 bridgehead atoms. The van der Waals surface area contributed by atoms with Crippen molar-refractivity contribution in [2.75, 3.05) is 14.2 Å². The van der Waals surface area contributed by atoms with Gasteiger partial charge in [0, 0.05) is 32.0 Å². The molecular formula is C24H25N5O3. The zero-order valence-electron chi connectivity index (χ0n) is 18.3. The van der Waals surface area contributed by atoms with Gasteiger partial charge >= 0.3 is 0 Å². The molecule has 4 rings (SSSR count). The van der Waals surface area contributed by atoms with Crippen LogP contribution in [0, 0.1) is 6.92 Å². The normalized spacial score (nSPS) is 11.0. The van der Waals surface area contributed by atoms with Gasteiger partial charge < -0.3 is 14.6 Å². The van der Waals surface area contributed by atoms with Crippen molar-refractivity contribution in [3.8, 4) is 11.4 Å². The van der Waals surface area contributed by atoms with E-state index in [0.29, 0.717) is 29.8 Å². The molecule has 0 unspecified atom stereocenters. The number of hydrogen-bond donors (Lipinski definition) is 1. The number of aromatic amines is 1. The van der Waals surface area contributed by atoms with Gasteiger partial charge in [-0.05, 0) is 25.1 Å². The number of aryl methyl sites for hydroxylation is 2. The molecule has 0 radical (unpaired) electrons. The number of nitrogens with zero attached hydrogens (tertiary/aromatic N) is 4. The summed E-state index contributed by atoms with van der Waals surface area (Å²) in [5.74, 6) is 1.16. The molecule has 1 amide bonds. The topological polar surface area (TPSA) is 93.1 Å². The molecule has 164 valence electrons. The number of methoxy groups -OCH3 is 1. The zero-order valence-corrected chi connectivity index (χ0v) is 18.3. The number of fused-ring (bicyclic) bond motifs is 1. The summed E-state index contributed by atoms with van der Waals surface area (Å²) >= 11 is 0. The molecule has 2 heterocycles. The Kier molecular flexibility index (Phi) is 6.02. The van der Waals surface area contributed by atoms with Crippen LogP contribution in [0.4, 0.5) is 0 Å². The summed E-state index contributed by atoms with van der Waals surface area (Å²) in [4.78, 5) is 34.3. The third-order valence-corrected chi connectivity index (χ3v) is 5.33. The van der Waals surface area contributed by atoms with E-state index in [1.165, 1.54) is 6.20 Å². The predicted octanol–water partition coefficient (Wildman–Crippen LogP) is 3.02. The van der Waals surface area contributed by atoms with Crippen molar-refractivity contribution in [1.29, 1.82) is 0 Å². The fourth-order valence-electron chi connectivity index (χ4n) is 3.63. The predicted molar refractivity (Wildman–Crippen MR) is 122 cm³/mol. The molecule has 0 aliphatic heterocycles. The molecule has 32 heavy (non-hydrogen) atoms. The Morgan fingerprint density at radius 3 is 2.72 bits per heavy atom. The molecule has 0 aliphatic carbocycles. The van der Waals surface area contributed by atoms with Crippen LogP contribution in [0.3, 0.4) is 0 Å². The summed E-state index contributed by atoms with van der Waals surface area (Å²) in [5, 5.41) is 4.72. The number of H-pyrrole nitrogens is 1. The second-order valence-corrected chi connectivity index (χ2v) is 7.71. The average molecular weight is 431 g/mol. The maximum atomic E-state index is 12.7. The maximum Gasteiger partial charge on any atom is 0.262 e. The van der Waals surface area contributed by atoms with Crippen molar-refractivity contribution in [2.24, 2.45) is 0 Å². The van der Waals surface area contributed by atoms with Gasteiger partial charge in [0.2, 0.25) is 5.91 Å². The SMILES string of the molecule is COc1ccc(C)cc1CN(C)C(=O)CCc1nc2c(cnn2-c2ccccc2)c(=O)[nH]1. The van der Waals surface area contributed by atoms with Gasteiger partial charge in [0.1, 0.15) is 17.0 Å². The van der Waals surface area contributed by atoms with E-state index < -0.39 is 0 Å². The van der Waals surface area contributed by atoms with Crippen molar-refractivity contribution in [2.45, 2.75) is 26.3 Å². The summed E-state index contributed by atoms with van der Waals surface area (Å²) < 4.78 is 7.04. The minimum absolute atomic E-state index is 0.0483. The summed E-state index contributed by atoms with van der Waals surface area (Å²) in [6, 6.07) is 15.4. The number of rotatable bonds is 7. The fraction of sp³-hybridized carbons (Fsp3) is 0.250. The van der Waals surface area contributed by atoms with Crippen LogP contribution < -0.4 is 10.3 Å². The van der Waals surface area contributed by atoms with Gasteiger partial charge in [-0.15, -0.1) is 0 Å². The first kappa shape index (κ1) is 21.3. The van der Waals surface area contributed by atoms with Crippen LogP contribution >= 0.6 is 0 Å². The maximum absolute atomic E-state index is 12.7. The second-order valence-electron chi connectivity index (χ2n) is 7.71.